The maximum atomic E-state index is 8.63. The summed E-state index contributed by atoms with van der Waals surface area (Å²) in [6.45, 7) is 10.6. The van der Waals surface area contributed by atoms with Crippen LogP contribution in [0.25, 0.3) is 0 Å². The second-order valence-electron chi connectivity index (χ2n) is 4.69. The highest BCUT2D eigenvalue weighted by Crippen LogP contribution is 2.03. The molecule has 3 heteroatoms. The van der Waals surface area contributed by atoms with Crippen LogP contribution in [-0.4, -0.2) is 48.3 Å². The van der Waals surface area contributed by atoms with Crippen LogP contribution >= 0.6 is 0 Å². The van der Waals surface area contributed by atoms with Crippen LogP contribution in [0.15, 0.2) is 30.3 Å². The third kappa shape index (κ3) is 10.5. The fourth-order valence-corrected chi connectivity index (χ4v) is 1.22. The first-order valence-electron chi connectivity index (χ1n) is 6.98. The van der Waals surface area contributed by atoms with Gasteiger partial charge in [-0.15, -0.1) is 0 Å². The van der Waals surface area contributed by atoms with Crippen molar-refractivity contribution in [3.8, 4) is 5.75 Å². The molecule has 112 valence electrons. The Morgan fingerprint density at radius 3 is 1.47 bits per heavy atom. The summed E-state index contributed by atoms with van der Waals surface area (Å²) in [5.74, 6) is 0.322. The normalized spacial score (nSPS) is 11.5. The van der Waals surface area contributed by atoms with Crippen molar-refractivity contribution in [1.29, 1.82) is 0 Å². The molecule has 0 fully saturated rings. The van der Waals surface area contributed by atoms with Crippen LogP contribution in [0.5, 0.6) is 5.75 Å². The van der Waals surface area contributed by atoms with Crippen LogP contribution in [-0.2, 0) is 0 Å². The minimum absolute atomic E-state index is 0.322. The maximum absolute atomic E-state index is 8.63. The standard InChI is InChI=1S/C8H20N2.C6H6O.C2H6/c1-7(2)10(6)8(3)9(4)5;7-6-4-2-1-3-5-6;1-2/h7-8H,1-6H3;1-5,7H;1-2H3. The number of nitrogens with zero attached hydrogens (tertiary/aromatic N) is 2. The highest BCUT2D eigenvalue weighted by atomic mass is 16.3. The Morgan fingerprint density at radius 2 is 1.32 bits per heavy atom. The predicted octanol–water partition coefficient (Wildman–Crippen LogP) is 3.65. The Bertz CT molecular complexity index is 274. The molecular formula is C16H32N2O. The monoisotopic (exact) mass is 268 g/mol. The summed E-state index contributed by atoms with van der Waals surface area (Å²) < 4.78 is 0. The van der Waals surface area contributed by atoms with Gasteiger partial charge in [-0.2, -0.15) is 0 Å². The molecule has 1 N–H and O–H groups in total. The van der Waals surface area contributed by atoms with E-state index < -0.39 is 0 Å². The van der Waals surface area contributed by atoms with Crippen molar-refractivity contribution in [2.45, 2.75) is 46.8 Å². The first-order valence-corrected chi connectivity index (χ1v) is 6.98. The number of aromatic hydroxyl groups is 1. The molecule has 0 aliphatic heterocycles. The van der Waals surface area contributed by atoms with Gasteiger partial charge in [0.05, 0.1) is 6.17 Å². The molecule has 0 amide bonds. The molecule has 0 spiro atoms. The van der Waals surface area contributed by atoms with E-state index in [2.05, 4.69) is 51.7 Å². The molecule has 1 rings (SSSR count). The van der Waals surface area contributed by atoms with Crippen molar-refractivity contribution in [3.63, 3.8) is 0 Å². The van der Waals surface area contributed by atoms with Gasteiger partial charge in [0.25, 0.3) is 0 Å². The fourth-order valence-electron chi connectivity index (χ4n) is 1.22. The van der Waals surface area contributed by atoms with Gasteiger partial charge >= 0.3 is 0 Å². The molecule has 0 saturated heterocycles. The smallest absolute Gasteiger partial charge is 0.115 e. The van der Waals surface area contributed by atoms with Crippen molar-refractivity contribution in [2.75, 3.05) is 21.1 Å². The van der Waals surface area contributed by atoms with Crippen LogP contribution < -0.4 is 0 Å². The van der Waals surface area contributed by atoms with Crippen molar-refractivity contribution in [2.24, 2.45) is 0 Å². The van der Waals surface area contributed by atoms with E-state index in [0.717, 1.165) is 0 Å². The van der Waals surface area contributed by atoms with Gasteiger partial charge < -0.3 is 5.11 Å². The zero-order chi connectivity index (χ0) is 15.4. The molecule has 0 saturated carbocycles. The second kappa shape index (κ2) is 12.0. The Kier molecular flexibility index (Phi) is 12.8. The second-order valence-corrected chi connectivity index (χ2v) is 4.69. The van der Waals surface area contributed by atoms with Crippen LogP contribution in [0.2, 0.25) is 0 Å². The first kappa shape index (κ1) is 20.3. The SMILES string of the molecule is CC.CC(C)N(C)C(C)N(C)C.Oc1ccccc1. The lowest BCUT2D eigenvalue weighted by molar-refractivity contribution is 0.0928. The molecule has 1 aromatic carbocycles. The van der Waals surface area contributed by atoms with Crippen LogP contribution in [0, 0.1) is 0 Å². The van der Waals surface area contributed by atoms with Gasteiger partial charge in [0, 0.05) is 6.04 Å². The number of phenolic OH excluding ortho intramolecular Hbond substituents is 1. The number of hydrogen-bond acceptors (Lipinski definition) is 3. The lowest BCUT2D eigenvalue weighted by Gasteiger charge is -2.32. The average molecular weight is 268 g/mol. The molecule has 3 nitrogen and oxygen atoms in total. The molecule has 0 aliphatic rings. The third-order valence-electron chi connectivity index (χ3n) is 2.91. The summed E-state index contributed by atoms with van der Waals surface area (Å²) in [5.41, 5.74) is 0. The van der Waals surface area contributed by atoms with Crippen LogP contribution in [0.3, 0.4) is 0 Å². The van der Waals surface area contributed by atoms with Gasteiger partial charge in [-0.1, -0.05) is 32.0 Å². The molecule has 0 heterocycles. The van der Waals surface area contributed by atoms with E-state index >= 15 is 0 Å². The molecule has 0 aromatic heterocycles. The lowest BCUT2D eigenvalue weighted by atomic mass is 10.3. The Labute approximate surface area is 119 Å². The van der Waals surface area contributed by atoms with Crippen LogP contribution in [0.1, 0.15) is 34.6 Å². The average Bonchev–Trinajstić information content (AvgIpc) is 2.40. The first-order chi connectivity index (χ1) is 8.86. The molecule has 0 radical (unpaired) electrons. The van der Waals surface area contributed by atoms with Crippen molar-refractivity contribution in [3.05, 3.63) is 30.3 Å². The predicted molar refractivity (Wildman–Crippen MR) is 85.5 cm³/mol. The molecule has 0 aliphatic carbocycles. The minimum atomic E-state index is 0.322. The minimum Gasteiger partial charge on any atom is -0.508 e. The molecule has 1 unspecified atom stereocenters. The number of hydrogen-bond donors (Lipinski definition) is 1. The molecule has 19 heavy (non-hydrogen) atoms. The Hall–Kier alpha value is -1.06. The van der Waals surface area contributed by atoms with E-state index in [1.165, 1.54) is 0 Å². The Balaban J connectivity index is 0. The molecular weight excluding hydrogens is 236 g/mol. The van der Waals surface area contributed by atoms with E-state index in [0.29, 0.717) is 18.0 Å². The third-order valence-corrected chi connectivity index (χ3v) is 2.91. The zero-order valence-electron chi connectivity index (χ0n) is 13.9. The fraction of sp³-hybridized carbons (Fsp3) is 0.625. The van der Waals surface area contributed by atoms with Crippen LogP contribution in [0.4, 0.5) is 0 Å². The van der Waals surface area contributed by atoms with Gasteiger partial charge in [0.2, 0.25) is 0 Å². The summed E-state index contributed by atoms with van der Waals surface area (Å²) >= 11 is 0. The molecule has 1 aromatic rings. The topological polar surface area (TPSA) is 26.7 Å². The van der Waals surface area contributed by atoms with Crippen molar-refractivity contribution in [1.82, 2.24) is 9.80 Å². The van der Waals surface area contributed by atoms with Crippen molar-refractivity contribution >= 4 is 0 Å². The van der Waals surface area contributed by atoms with E-state index in [-0.39, 0.29) is 0 Å². The quantitative estimate of drug-likeness (QED) is 0.848. The maximum Gasteiger partial charge on any atom is 0.115 e. The van der Waals surface area contributed by atoms with Gasteiger partial charge in [-0.25, -0.2) is 0 Å². The van der Waals surface area contributed by atoms with E-state index in [4.69, 9.17) is 5.11 Å². The number of para-hydroxylation sites is 1. The van der Waals surface area contributed by atoms with Gasteiger partial charge in [-0.3, -0.25) is 9.80 Å². The number of phenols is 1. The molecule has 0 bridgehead atoms. The van der Waals surface area contributed by atoms with E-state index in [1.807, 2.05) is 19.9 Å². The molecule has 1 atom stereocenters. The van der Waals surface area contributed by atoms with E-state index in [9.17, 15) is 0 Å². The van der Waals surface area contributed by atoms with Crippen molar-refractivity contribution < 1.29 is 5.11 Å². The summed E-state index contributed by atoms with van der Waals surface area (Å²) in [4.78, 5) is 4.54. The Morgan fingerprint density at radius 1 is 0.895 bits per heavy atom. The van der Waals surface area contributed by atoms with Gasteiger partial charge in [-0.05, 0) is 54.0 Å². The van der Waals surface area contributed by atoms with Gasteiger partial charge in [0.15, 0.2) is 0 Å². The van der Waals surface area contributed by atoms with Gasteiger partial charge in [0.1, 0.15) is 5.75 Å². The number of rotatable bonds is 3. The zero-order valence-corrected chi connectivity index (χ0v) is 13.9. The highest BCUT2D eigenvalue weighted by molar-refractivity contribution is 5.18. The highest BCUT2D eigenvalue weighted by Gasteiger charge is 2.12. The lowest BCUT2D eigenvalue weighted by Crippen LogP contribution is -2.43. The summed E-state index contributed by atoms with van der Waals surface area (Å²) in [6, 6.07) is 9.34. The number of benzene rings is 1. The summed E-state index contributed by atoms with van der Waals surface area (Å²) in [5, 5.41) is 8.63. The summed E-state index contributed by atoms with van der Waals surface area (Å²) in [6.07, 6.45) is 0.528. The van der Waals surface area contributed by atoms with E-state index in [1.54, 1.807) is 24.3 Å². The summed E-state index contributed by atoms with van der Waals surface area (Å²) in [7, 11) is 6.35. The largest absolute Gasteiger partial charge is 0.508 e.